The van der Waals surface area contributed by atoms with Gasteiger partial charge in [0, 0.05) is 6.07 Å². The highest BCUT2D eigenvalue weighted by Crippen LogP contribution is 2.25. The number of rotatable bonds is 6. The molecule has 1 heterocycles. The van der Waals surface area contributed by atoms with E-state index in [0.717, 1.165) is 19.1 Å². The normalized spacial score (nSPS) is 9.81. The van der Waals surface area contributed by atoms with Crippen molar-refractivity contribution < 1.29 is 28.8 Å². The first-order valence-corrected chi connectivity index (χ1v) is 6.37. The van der Waals surface area contributed by atoms with Crippen molar-refractivity contribution in [2.75, 3.05) is 27.3 Å². The zero-order chi connectivity index (χ0) is 16.0. The molecule has 0 fully saturated rings. The summed E-state index contributed by atoms with van der Waals surface area (Å²) in [7, 11) is 2.28. The summed E-state index contributed by atoms with van der Waals surface area (Å²) < 4.78 is 8.87. The SMILES string of the molecule is COC(=O)CN(CC(=O)OC)C(=O)c1ccc([N+](=O)[O-])s1. The van der Waals surface area contributed by atoms with Crippen LogP contribution >= 0.6 is 11.3 Å². The molecule has 1 aromatic rings. The van der Waals surface area contributed by atoms with Crippen LogP contribution in [0.5, 0.6) is 0 Å². The van der Waals surface area contributed by atoms with Gasteiger partial charge in [0.15, 0.2) is 0 Å². The molecule has 0 saturated heterocycles. The fourth-order valence-corrected chi connectivity index (χ4v) is 2.13. The predicted octanol–water partition coefficient (Wildman–Crippen LogP) is 0.444. The molecule has 0 radical (unpaired) electrons. The second kappa shape index (κ2) is 7.33. The number of carbonyl (C=O) groups excluding carboxylic acids is 3. The molecule has 0 aliphatic rings. The number of nitrogens with zero attached hydrogens (tertiary/aromatic N) is 2. The summed E-state index contributed by atoms with van der Waals surface area (Å²) in [6, 6.07) is 2.43. The molecule has 0 spiro atoms. The molecule has 1 rings (SSSR count). The van der Waals surface area contributed by atoms with E-state index in [4.69, 9.17) is 0 Å². The van der Waals surface area contributed by atoms with Gasteiger partial charge in [0.25, 0.3) is 5.91 Å². The van der Waals surface area contributed by atoms with Gasteiger partial charge in [0.2, 0.25) is 0 Å². The second-order valence-electron chi connectivity index (χ2n) is 3.71. The number of methoxy groups -OCH3 is 2. The highest BCUT2D eigenvalue weighted by molar-refractivity contribution is 7.17. The standard InChI is InChI=1S/C11H12N2O7S/c1-19-9(14)5-12(6-10(15)20-2)11(16)7-3-4-8(21-7)13(17)18/h3-4H,5-6H2,1-2H3. The lowest BCUT2D eigenvalue weighted by Gasteiger charge is -2.19. The van der Waals surface area contributed by atoms with Crippen LogP contribution in [0.25, 0.3) is 0 Å². The molecule has 0 saturated carbocycles. The van der Waals surface area contributed by atoms with Gasteiger partial charge in [0.05, 0.1) is 24.0 Å². The van der Waals surface area contributed by atoms with E-state index in [-0.39, 0.29) is 9.88 Å². The van der Waals surface area contributed by atoms with Crippen LogP contribution in [0.15, 0.2) is 12.1 Å². The third-order valence-electron chi connectivity index (χ3n) is 2.37. The number of hydrogen-bond donors (Lipinski definition) is 0. The molecule has 1 aromatic heterocycles. The maximum Gasteiger partial charge on any atom is 0.325 e. The van der Waals surface area contributed by atoms with Crippen molar-refractivity contribution in [3.8, 4) is 0 Å². The fourth-order valence-electron chi connectivity index (χ4n) is 1.34. The number of amides is 1. The largest absolute Gasteiger partial charge is 0.468 e. The van der Waals surface area contributed by atoms with Crippen molar-refractivity contribution in [2.24, 2.45) is 0 Å². The molecule has 114 valence electrons. The Morgan fingerprint density at radius 2 is 1.71 bits per heavy atom. The summed E-state index contributed by atoms with van der Waals surface area (Å²) in [4.78, 5) is 45.6. The van der Waals surface area contributed by atoms with Gasteiger partial charge in [-0.2, -0.15) is 0 Å². The molecular formula is C11H12N2O7S. The summed E-state index contributed by atoms with van der Waals surface area (Å²) in [5.74, 6) is -2.14. The first kappa shape index (κ1) is 16.6. The van der Waals surface area contributed by atoms with Crippen LogP contribution in [0.3, 0.4) is 0 Å². The van der Waals surface area contributed by atoms with Crippen molar-refractivity contribution in [3.63, 3.8) is 0 Å². The highest BCUT2D eigenvalue weighted by Gasteiger charge is 2.25. The second-order valence-corrected chi connectivity index (χ2v) is 4.77. The molecule has 9 nitrogen and oxygen atoms in total. The Morgan fingerprint density at radius 3 is 2.10 bits per heavy atom. The van der Waals surface area contributed by atoms with Gasteiger partial charge in [-0.1, -0.05) is 11.3 Å². The Kier molecular flexibility index (Phi) is 5.79. The zero-order valence-corrected chi connectivity index (χ0v) is 12.0. The van der Waals surface area contributed by atoms with E-state index in [9.17, 15) is 24.5 Å². The van der Waals surface area contributed by atoms with E-state index in [2.05, 4.69) is 9.47 Å². The fraction of sp³-hybridized carbons (Fsp3) is 0.364. The first-order valence-electron chi connectivity index (χ1n) is 5.56. The number of nitro groups is 1. The zero-order valence-electron chi connectivity index (χ0n) is 11.2. The summed E-state index contributed by atoms with van der Waals surface area (Å²) in [6.07, 6.45) is 0. The molecule has 10 heteroatoms. The maximum atomic E-state index is 12.2. The third-order valence-corrected chi connectivity index (χ3v) is 3.39. The number of esters is 2. The van der Waals surface area contributed by atoms with Gasteiger partial charge in [-0.05, 0) is 6.07 Å². The Labute approximate surface area is 123 Å². The van der Waals surface area contributed by atoms with Crippen LogP contribution < -0.4 is 0 Å². The minimum absolute atomic E-state index is 0.0366. The minimum Gasteiger partial charge on any atom is -0.468 e. The summed E-state index contributed by atoms with van der Waals surface area (Å²) in [5.41, 5.74) is 0. The van der Waals surface area contributed by atoms with Gasteiger partial charge >= 0.3 is 16.9 Å². The third kappa shape index (κ3) is 4.53. The van der Waals surface area contributed by atoms with E-state index >= 15 is 0 Å². The molecule has 0 aliphatic carbocycles. The quantitative estimate of drug-likeness (QED) is 0.425. The molecular weight excluding hydrogens is 304 g/mol. The molecule has 1 amide bonds. The van der Waals surface area contributed by atoms with Crippen molar-refractivity contribution >= 4 is 34.2 Å². The first-order chi connectivity index (χ1) is 9.88. The summed E-state index contributed by atoms with van der Waals surface area (Å²) in [5, 5.41) is 10.4. The maximum absolute atomic E-state index is 12.2. The smallest absolute Gasteiger partial charge is 0.325 e. The van der Waals surface area contributed by atoms with Crippen molar-refractivity contribution in [3.05, 3.63) is 27.1 Å². The average molecular weight is 316 g/mol. The van der Waals surface area contributed by atoms with E-state index in [1.165, 1.54) is 12.1 Å². The average Bonchev–Trinajstić information content (AvgIpc) is 2.95. The van der Waals surface area contributed by atoms with Crippen LogP contribution in [0.4, 0.5) is 5.00 Å². The van der Waals surface area contributed by atoms with Crippen LogP contribution in [-0.4, -0.2) is 55.0 Å². The minimum atomic E-state index is -0.724. The van der Waals surface area contributed by atoms with Gasteiger partial charge in [-0.25, -0.2) is 0 Å². The van der Waals surface area contributed by atoms with Gasteiger partial charge < -0.3 is 14.4 Å². The Balaban J connectivity index is 2.94. The Morgan fingerprint density at radius 1 is 1.19 bits per heavy atom. The number of carbonyl (C=O) groups is 3. The number of ether oxygens (including phenoxy) is 2. The van der Waals surface area contributed by atoms with Crippen molar-refractivity contribution in [1.82, 2.24) is 4.90 Å². The lowest BCUT2D eigenvalue weighted by molar-refractivity contribution is -0.380. The van der Waals surface area contributed by atoms with Gasteiger partial charge in [-0.15, -0.1) is 0 Å². The van der Waals surface area contributed by atoms with Gasteiger partial charge in [-0.3, -0.25) is 24.5 Å². The van der Waals surface area contributed by atoms with Crippen molar-refractivity contribution in [1.29, 1.82) is 0 Å². The van der Waals surface area contributed by atoms with Crippen molar-refractivity contribution in [2.45, 2.75) is 0 Å². The van der Waals surface area contributed by atoms with Crippen LogP contribution in [0, 0.1) is 10.1 Å². The number of thiophene rings is 1. The number of hydrogen-bond acceptors (Lipinski definition) is 8. The summed E-state index contributed by atoms with van der Waals surface area (Å²) in [6.45, 7) is -0.924. The van der Waals surface area contributed by atoms with Crippen LogP contribution in [-0.2, 0) is 19.1 Å². The molecule has 21 heavy (non-hydrogen) atoms. The van der Waals surface area contributed by atoms with E-state index in [1.54, 1.807) is 0 Å². The molecule has 0 atom stereocenters. The highest BCUT2D eigenvalue weighted by atomic mass is 32.1. The van der Waals surface area contributed by atoms with E-state index in [1.807, 2.05) is 0 Å². The van der Waals surface area contributed by atoms with Gasteiger partial charge in [0.1, 0.15) is 13.1 Å². The molecule has 0 aliphatic heterocycles. The van der Waals surface area contributed by atoms with Crippen LogP contribution in [0.2, 0.25) is 0 Å². The lowest BCUT2D eigenvalue weighted by Crippen LogP contribution is -2.39. The molecule has 0 unspecified atom stereocenters. The van der Waals surface area contributed by atoms with E-state index in [0.29, 0.717) is 11.3 Å². The van der Waals surface area contributed by atoms with E-state index < -0.39 is 35.9 Å². The predicted molar refractivity (Wildman–Crippen MR) is 70.9 cm³/mol. The topological polar surface area (TPSA) is 116 Å². The Hall–Kier alpha value is -2.49. The van der Waals surface area contributed by atoms with Crippen LogP contribution in [0.1, 0.15) is 9.67 Å². The monoisotopic (exact) mass is 316 g/mol. The Bertz CT molecular complexity index is 551. The lowest BCUT2D eigenvalue weighted by atomic mass is 10.3. The molecule has 0 bridgehead atoms. The molecule has 0 N–H and O–H groups in total. The summed E-state index contributed by atoms with van der Waals surface area (Å²) >= 11 is 0.652. The molecule has 0 aromatic carbocycles.